The molecule has 0 radical (unpaired) electrons. The lowest BCUT2D eigenvalue weighted by molar-refractivity contribution is -0.144. The van der Waals surface area contributed by atoms with Crippen LogP contribution in [-0.2, 0) is 32.3 Å². The summed E-state index contributed by atoms with van der Waals surface area (Å²) in [5, 5.41) is 40.4. The molecule has 1 aliphatic heterocycles. The van der Waals surface area contributed by atoms with Crippen molar-refractivity contribution in [2.45, 2.75) is 167 Å². The van der Waals surface area contributed by atoms with Gasteiger partial charge >= 0.3 is 0 Å². The minimum atomic E-state index is -0.876. The number of carbonyl (C=O) groups is 4. The fraction of sp³-hybridized carbons (Fsp3) is 0.426. The van der Waals surface area contributed by atoms with Crippen molar-refractivity contribution in [2.75, 3.05) is 13.1 Å². The first kappa shape index (κ1) is 60.9. The molecular weight excluding hydrogens is 1070 g/mol. The molecule has 3 aromatic heterocycles. The second-order valence-electron chi connectivity index (χ2n) is 23.7. The molecule has 2 aliphatic rings. The third-order valence-corrected chi connectivity index (χ3v) is 17.3. The molecule has 84 heavy (non-hydrogen) atoms. The van der Waals surface area contributed by atoms with Gasteiger partial charge in [-0.25, -0.2) is 9.97 Å². The number of aromatic nitrogens is 4. The summed E-state index contributed by atoms with van der Waals surface area (Å²) in [6.07, 6.45) is 11.0. The zero-order chi connectivity index (χ0) is 59.2. The van der Waals surface area contributed by atoms with E-state index in [0.29, 0.717) is 50.7 Å². The standard InChI is InChI=1S/C68H81N9O6S/c1-46-62(84-45-73-46)52-32-30-48(31-33-52)41-71-66(82)56-40-55(79)43-75(56)67(83)63(68(2,3)4)74-58(81)29-18-6-5-9-19-38-70-57(80)28-17-8-7-12-21-47-22-20-23-49(39-47)42-76-61(51-26-15-11-16-27-51)59(50-24-13-10-14-25-50)60-64(69)77(44-72-65(60)76)53-34-36-54(78)37-35-53/h10-11,13-16,20,22-27,30-33,39,44-45,53-56,63,69,78-79H,5-9,17-19,28-29,34-38,40-43H2,1-4H3,(H,70,80)(H,71,82)(H,74,81)/t53?,54?,55-,56+,63-/m1/s1. The van der Waals surface area contributed by atoms with Gasteiger partial charge in [-0.3, -0.25) is 24.6 Å². The third-order valence-electron chi connectivity index (χ3n) is 16.3. The second-order valence-corrected chi connectivity index (χ2v) is 24.6. The molecule has 7 aromatic rings. The lowest BCUT2D eigenvalue weighted by Crippen LogP contribution is -2.57. The Morgan fingerprint density at radius 1 is 0.750 bits per heavy atom. The maximum absolute atomic E-state index is 14.1. The summed E-state index contributed by atoms with van der Waals surface area (Å²) >= 11 is 1.58. The number of benzene rings is 4. The van der Waals surface area contributed by atoms with Crippen LogP contribution in [0.1, 0.15) is 146 Å². The molecule has 4 aromatic carbocycles. The van der Waals surface area contributed by atoms with Gasteiger partial charge in [0.05, 0.1) is 45.7 Å². The topological polar surface area (TPSA) is 208 Å². The molecule has 4 amide bonds. The molecule has 4 heterocycles. The number of likely N-dealkylation sites (tertiary alicyclic amines) is 1. The number of aliphatic hydroxyl groups is 2. The first-order valence-electron chi connectivity index (χ1n) is 30.0. The van der Waals surface area contributed by atoms with Crippen molar-refractivity contribution in [3.05, 3.63) is 149 Å². The van der Waals surface area contributed by atoms with Crippen LogP contribution in [0.3, 0.4) is 0 Å². The zero-order valence-corrected chi connectivity index (χ0v) is 49.9. The Bertz CT molecular complexity index is 3490. The number of nitrogens with one attached hydrogen (secondary N) is 4. The number of unbranched alkanes of at least 4 members (excludes halogenated alkanes) is 6. The second kappa shape index (κ2) is 28.7. The quantitative estimate of drug-likeness (QED) is 0.0268. The summed E-state index contributed by atoms with van der Waals surface area (Å²) in [6.45, 7) is 9.04. The number of carbonyl (C=O) groups excluding carboxylic acids is 4. The fourth-order valence-corrected chi connectivity index (χ4v) is 12.5. The van der Waals surface area contributed by atoms with E-state index in [-0.39, 0.29) is 61.7 Å². The van der Waals surface area contributed by atoms with Crippen LogP contribution in [0.2, 0.25) is 0 Å². The average Bonchev–Trinajstić information content (AvgIpc) is 1.71. The Kier molecular flexibility index (Phi) is 20.8. The molecule has 6 N–H and O–H groups in total. The van der Waals surface area contributed by atoms with Gasteiger partial charge in [-0.1, -0.05) is 149 Å². The SMILES string of the molecule is Cc1ncsc1-c1ccc(CNC(=O)[C@@H]2C[C@@H](O)CN2C(=O)[C@@H](NC(=O)CCCCCCCNC(=O)CCCCC#Cc2cccc(Cn3c(-c4ccccc4)c(-c4ccccc4)c4c(=N)n(C5CCC(O)CC5)cnc43)c2)C(C)(C)C)cc1. The predicted octanol–water partition coefficient (Wildman–Crippen LogP) is 10.8. The first-order valence-corrected chi connectivity index (χ1v) is 30.9. The van der Waals surface area contributed by atoms with Crippen molar-refractivity contribution in [2.24, 2.45) is 5.41 Å². The third kappa shape index (κ3) is 15.5. The maximum Gasteiger partial charge on any atom is 0.246 e. The molecule has 9 rings (SSSR count). The summed E-state index contributed by atoms with van der Waals surface area (Å²) in [7, 11) is 0. The molecule has 0 bridgehead atoms. The van der Waals surface area contributed by atoms with Crippen molar-refractivity contribution < 1.29 is 29.4 Å². The molecule has 0 unspecified atom stereocenters. The highest BCUT2D eigenvalue weighted by Gasteiger charge is 2.44. The van der Waals surface area contributed by atoms with Gasteiger partial charge in [0.15, 0.2) is 0 Å². The van der Waals surface area contributed by atoms with E-state index in [0.717, 1.165) is 118 Å². The van der Waals surface area contributed by atoms with E-state index in [2.05, 4.69) is 73.7 Å². The van der Waals surface area contributed by atoms with Gasteiger partial charge in [0.25, 0.3) is 0 Å². The van der Waals surface area contributed by atoms with Gasteiger partial charge in [0.1, 0.15) is 23.2 Å². The molecule has 440 valence electrons. The van der Waals surface area contributed by atoms with Crippen molar-refractivity contribution in [1.82, 2.24) is 40.0 Å². The largest absolute Gasteiger partial charge is 0.393 e. The lowest BCUT2D eigenvalue weighted by Gasteiger charge is -2.35. The van der Waals surface area contributed by atoms with Gasteiger partial charge in [-0.05, 0) is 104 Å². The molecule has 3 atom stereocenters. The Labute approximate surface area is 497 Å². The van der Waals surface area contributed by atoms with Crippen molar-refractivity contribution in [1.29, 1.82) is 5.41 Å². The van der Waals surface area contributed by atoms with Gasteiger partial charge in [0.2, 0.25) is 23.6 Å². The number of nitrogens with zero attached hydrogens (tertiary/aromatic N) is 5. The highest BCUT2D eigenvalue weighted by atomic mass is 32.1. The normalized spacial score (nSPS) is 17.3. The number of thiazole rings is 1. The number of amides is 4. The van der Waals surface area contributed by atoms with Gasteiger partial charge in [-0.2, -0.15) is 0 Å². The summed E-state index contributed by atoms with van der Waals surface area (Å²) in [6, 6.07) is 35.2. The molecule has 15 nitrogen and oxygen atoms in total. The highest BCUT2D eigenvalue weighted by molar-refractivity contribution is 7.13. The molecular formula is C68H81N9O6S. The number of hydrogen-bond donors (Lipinski definition) is 6. The van der Waals surface area contributed by atoms with E-state index in [1.807, 2.05) is 117 Å². The summed E-state index contributed by atoms with van der Waals surface area (Å²) in [4.78, 5) is 65.5. The van der Waals surface area contributed by atoms with E-state index < -0.39 is 23.6 Å². The molecule has 2 fully saturated rings. The Morgan fingerprint density at radius 3 is 2.15 bits per heavy atom. The van der Waals surface area contributed by atoms with E-state index in [1.165, 1.54) is 4.90 Å². The minimum absolute atomic E-state index is 0.0174. The van der Waals surface area contributed by atoms with Crippen LogP contribution in [0.4, 0.5) is 0 Å². The molecule has 1 saturated carbocycles. The van der Waals surface area contributed by atoms with Crippen LogP contribution in [0.15, 0.2) is 121 Å². The molecule has 1 aliphatic carbocycles. The summed E-state index contributed by atoms with van der Waals surface area (Å²) in [5.74, 6) is 5.78. The van der Waals surface area contributed by atoms with E-state index in [4.69, 9.17) is 4.98 Å². The van der Waals surface area contributed by atoms with Gasteiger partial charge in [-0.15, -0.1) is 11.3 Å². The molecule has 1 saturated heterocycles. The van der Waals surface area contributed by atoms with Crippen LogP contribution < -0.4 is 21.4 Å². The molecule has 16 heteroatoms. The lowest BCUT2D eigenvalue weighted by atomic mass is 9.85. The number of aryl methyl sites for hydroxylation is 1. The molecule has 0 spiro atoms. The Balaban J connectivity index is 0.687. The summed E-state index contributed by atoms with van der Waals surface area (Å²) < 4.78 is 4.26. The number of hydrogen-bond acceptors (Lipinski definition) is 10. The van der Waals surface area contributed by atoms with Crippen LogP contribution >= 0.6 is 11.3 Å². The van der Waals surface area contributed by atoms with Crippen molar-refractivity contribution in [3.8, 4) is 44.7 Å². The van der Waals surface area contributed by atoms with Crippen molar-refractivity contribution >= 4 is 46.0 Å². The van der Waals surface area contributed by atoms with Crippen LogP contribution in [0.5, 0.6) is 0 Å². The van der Waals surface area contributed by atoms with E-state index in [1.54, 1.807) is 11.3 Å². The van der Waals surface area contributed by atoms with E-state index >= 15 is 0 Å². The Morgan fingerprint density at radius 2 is 1.44 bits per heavy atom. The number of rotatable bonds is 23. The first-order chi connectivity index (χ1) is 40.6. The number of fused-ring (bicyclic) bond motifs is 1. The summed E-state index contributed by atoms with van der Waals surface area (Å²) in [5.41, 5.74) is 11.3. The minimum Gasteiger partial charge on any atom is -0.393 e. The number of aliphatic hydroxyl groups excluding tert-OH is 2. The van der Waals surface area contributed by atoms with Gasteiger partial charge in [0, 0.05) is 69.0 Å². The predicted molar refractivity (Wildman–Crippen MR) is 331 cm³/mol. The van der Waals surface area contributed by atoms with E-state index in [9.17, 15) is 34.8 Å². The smallest absolute Gasteiger partial charge is 0.246 e. The average molecular weight is 1150 g/mol. The highest BCUT2D eigenvalue weighted by Crippen LogP contribution is 2.40. The van der Waals surface area contributed by atoms with Crippen LogP contribution in [0.25, 0.3) is 43.9 Å². The Hall–Kier alpha value is -7.71. The van der Waals surface area contributed by atoms with Crippen LogP contribution in [-0.4, -0.2) is 95.2 Å². The monoisotopic (exact) mass is 1150 g/mol. The fourth-order valence-electron chi connectivity index (χ4n) is 11.7. The van der Waals surface area contributed by atoms with Crippen molar-refractivity contribution in [3.63, 3.8) is 0 Å². The number of β-amino-alcohol motifs (C(OH)–C–C–N with tert-alkyl or cyclic N) is 1. The van der Waals surface area contributed by atoms with Gasteiger partial charge < -0.3 is 40.2 Å². The maximum atomic E-state index is 14.1. The van der Waals surface area contributed by atoms with Crippen LogP contribution in [0, 0.1) is 29.6 Å². The zero-order valence-electron chi connectivity index (χ0n) is 49.0.